The first-order valence-corrected chi connectivity index (χ1v) is 11.6. The predicted molar refractivity (Wildman–Crippen MR) is 137 cm³/mol. The SMILES string of the molecule is COc1ccc(-c2ccccc2)cc1C(=O)NC(CCCNC(=N)CF)C(=O)NCc1ccccn1. The van der Waals surface area contributed by atoms with Crippen LogP contribution in [-0.2, 0) is 11.3 Å². The van der Waals surface area contributed by atoms with Gasteiger partial charge >= 0.3 is 0 Å². The summed E-state index contributed by atoms with van der Waals surface area (Å²) in [7, 11) is 1.48. The Bertz CT molecular complexity index is 1160. The summed E-state index contributed by atoms with van der Waals surface area (Å²) in [6, 6.07) is 19.5. The number of aromatic nitrogens is 1. The van der Waals surface area contributed by atoms with Crippen molar-refractivity contribution in [1.29, 1.82) is 5.41 Å². The topological polar surface area (TPSA) is 116 Å². The molecule has 3 rings (SSSR count). The van der Waals surface area contributed by atoms with E-state index in [-0.39, 0.29) is 24.7 Å². The minimum Gasteiger partial charge on any atom is -0.496 e. The number of ether oxygens (including phenoxy) is 1. The number of amidine groups is 1. The first-order valence-electron chi connectivity index (χ1n) is 11.6. The Kier molecular flexibility index (Phi) is 9.93. The Balaban J connectivity index is 1.75. The molecule has 188 valence electrons. The molecular weight excluding hydrogens is 461 g/mol. The van der Waals surface area contributed by atoms with Crippen molar-refractivity contribution < 1.29 is 18.7 Å². The first-order chi connectivity index (χ1) is 17.5. The number of carbonyl (C=O) groups is 2. The molecule has 2 amide bonds. The van der Waals surface area contributed by atoms with Crippen molar-refractivity contribution in [1.82, 2.24) is 20.9 Å². The molecule has 2 aromatic carbocycles. The highest BCUT2D eigenvalue weighted by Crippen LogP contribution is 2.26. The maximum absolute atomic E-state index is 13.3. The molecule has 0 saturated carbocycles. The summed E-state index contributed by atoms with van der Waals surface area (Å²) in [5.41, 5.74) is 2.77. The lowest BCUT2D eigenvalue weighted by molar-refractivity contribution is -0.123. The third kappa shape index (κ3) is 7.63. The van der Waals surface area contributed by atoms with Gasteiger partial charge in [0.1, 0.15) is 24.3 Å². The normalized spacial score (nSPS) is 11.3. The van der Waals surface area contributed by atoms with E-state index in [0.717, 1.165) is 11.1 Å². The Hall–Kier alpha value is -4.27. The number of nitrogens with zero attached hydrogens (tertiary/aromatic N) is 1. The fourth-order valence-corrected chi connectivity index (χ4v) is 3.60. The zero-order chi connectivity index (χ0) is 25.8. The summed E-state index contributed by atoms with van der Waals surface area (Å²) >= 11 is 0. The molecule has 1 atom stereocenters. The van der Waals surface area contributed by atoms with E-state index >= 15 is 0 Å². The number of amides is 2. The van der Waals surface area contributed by atoms with Crippen molar-refractivity contribution in [3.8, 4) is 16.9 Å². The Morgan fingerprint density at radius 1 is 1.03 bits per heavy atom. The maximum Gasteiger partial charge on any atom is 0.255 e. The molecule has 36 heavy (non-hydrogen) atoms. The van der Waals surface area contributed by atoms with Crippen LogP contribution in [0, 0.1) is 5.41 Å². The van der Waals surface area contributed by atoms with E-state index in [4.69, 9.17) is 10.1 Å². The molecule has 0 aliphatic rings. The number of methoxy groups -OCH3 is 1. The second-order valence-electron chi connectivity index (χ2n) is 8.03. The summed E-state index contributed by atoms with van der Waals surface area (Å²) in [5, 5.41) is 15.7. The molecule has 4 N–H and O–H groups in total. The number of pyridine rings is 1. The van der Waals surface area contributed by atoms with Crippen molar-refractivity contribution >= 4 is 17.6 Å². The van der Waals surface area contributed by atoms with Crippen LogP contribution in [0.1, 0.15) is 28.9 Å². The largest absolute Gasteiger partial charge is 0.496 e. The molecule has 0 saturated heterocycles. The molecule has 0 radical (unpaired) electrons. The Morgan fingerprint density at radius 2 is 1.81 bits per heavy atom. The van der Waals surface area contributed by atoms with Gasteiger partial charge in [0, 0.05) is 12.7 Å². The highest BCUT2D eigenvalue weighted by atomic mass is 19.1. The third-order valence-electron chi connectivity index (χ3n) is 5.48. The average Bonchev–Trinajstić information content (AvgIpc) is 2.93. The van der Waals surface area contributed by atoms with E-state index in [1.807, 2.05) is 42.5 Å². The third-order valence-corrected chi connectivity index (χ3v) is 5.48. The molecule has 0 fully saturated rings. The molecule has 1 heterocycles. The molecule has 0 bridgehead atoms. The van der Waals surface area contributed by atoms with Gasteiger partial charge < -0.3 is 20.7 Å². The molecule has 0 aliphatic carbocycles. The minimum absolute atomic E-state index is 0.212. The summed E-state index contributed by atoms with van der Waals surface area (Å²) in [6.45, 7) is -0.374. The monoisotopic (exact) mass is 491 g/mol. The molecular formula is C27H30FN5O3. The van der Waals surface area contributed by atoms with E-state index in [1.165, 1.54) is 7.11 Å². The molecule has 0 spiro atoms. The standard InChI is InChI=1S/C27H30FN5O3/c1-36-24-13-12-20(19-8-3-2-4-9-19)16-22(24)26(34)33-23(11-7-15-31-25(29)17-28)27(35)32-18-21-10-5-6-14-30-21/h2-6,8-10,12-14,16,23H,7,11,15,17-18H2,1H3,(H2,29,31)(H,32,35)(H,33,34). The van der Waals surface area contributed by atoms with Crippen molar-refractivity contribution in [2.45, 2.75) is 25.4 Å². The van der Waals surface area contributed by atoms with Gasteiger partial charge in [-0.1, -0.05) is 42.5 Å². The van der Waals surface area contributed by atoms with E-state index in [0.29, 0.717) is 30.0 Å². The predicted octanol–water partition coefficient (Wildman–Crippen LogP) is 3.49. The molecule has 9 heteroatoms. The smallest absolute Gasteiger partial charge is 0.255 e. The van der Waals surface area contributed by atoms with Gasteiger partial charge in [-0.2, -0.15) is 0 Å². The fourth-order valence-electron chi connectivity index (χ4n) is 3.60. The van der Waals surface area contributed by atoms with E-state index in [9.17, 15) is 14.0 Å². The Labute approximate surface area is 209 Å². The second-order valence-corrected chi connectivity index (χ2v) is 8.03. The van der Waals surface area contributed by atoms with E-state index < -0.39 is 18.6 Å². The lowest BCUT2D eigenvalue weighted by atomic mass is 10.0. The van der Waals surface area contributed by atoms with Crippen molar-refractivity contribution in [3.05, 3.63) is 84.2 Å². The van der Waals surface area contributed by atoms with Gasteiger partial charge in [-0.05, 0) is 48.2 Å². The molecule has 3 aromatic rings. The highest BCUT2D eigenvalue weighted by Gasteiger charge is 2.23. The zero-order valence-electron chi connectivity index (χ0n) is 20.1. The zero-order valence-corrected chi connectivity index (χ0v) is 20.1. The number of benzene rings is 2. The van der Waals surface area contributed by atoms with Crippen molar-refractivity contribution in [3.63, 3.8) is 0 Å². The van der Waals surface area contributed by atoms with E-state index in [2.05, 4.69) is 20.9 Å². The van der Waals surface area contributed by atoms with Crippen LogP contribution in [0.2, 0.25) is 0 Å². The van der Waals surface area contributed by atoms with Crippen LogP contribution in [0.4, 0.5) is 4.39 Å². The summed E-state index contributed by atoms with van der Waals surface area (Å²) in [6.07, 6.45) is 2.36. The maximum atomic E-state index is 13.3. The second kappa shape index (κ2) is 13.6. The molecule has 1 unspecified atom stereocenters. The highest BCUT2D eigenvalue weighted by molar-refractivity contribution is 6.00. The Morgan fingerprint density at radius 3 is 2.50 bits per heavy atom. The molecule has 1 aromatic heterocycles. The average molecular weight is 492 g/mol. The van der Waals surface area contributed by atoms with Crippen LogP contribution in [0.25, 0.3) is 11.1 Å². The number of alkyl halides is 1. The number of carbonyl (C=O) groups excluding carboxylic acids is 2. The van der Waals surface area contributed by atoms with Crippen LogP contribution in [-0.4, -0.2) is 49.0 Å². The number of halogens is 1. The summed E-state index contributed by atoms with van der Waals surface area (Å²) in [4.78, 5) is 30.5. The minimum atomic E-state index is -0.887. The summed E-state index contributed by atoms with van der Waals surface area (Å²) in [5.74, 6) is -0.657. The van der Waals surface area contributed by atoms with Gasteiger partial charge in [0.2, 0.25) is 5.91 Å². The quantitative estimate of drug-likeness (QED) is 0.176. The first kappa shape index (κ1) is 26.3. The number of rotatable bonds is 12. The number of hydrogen-bond acceptors (Lipinski definition) is 5. The van der Waals surface area contributed by atoms with Crippen LogP contribution in [0.5, 0.6) is 5.75 Å². The van der Waals surface area contributed by atoms with Gasteiger partial charge in [0.15, 0.2) is 0 Å². The van der Waals surface area contributed by atoms with Crippen molar-refractivity contribution in [2.24, 2.45) is 0 Å². The number of hydrogen-bond donors (Lipinski definition) is 4. The van der Waals surface area contributed by atoms with Gasteiger partial charge in [0.05, 0.1) is 24.9 Å². The lowest BCUT2D eigenvalue weighted by Crippen LogP contribution is -2.47. The van der Waals surface area contributed by atoms with Gasteiger partial charge in [-0.15, -0.1) is 0 Å². The van der Waals surface area contributed by atoms with Gasteiger partial charge in [-0.3, -0.25) is 20.0 Å². The van der Waals surface area contributed by atoms with Crippen LogP contribution in [0.3, 0.4) is 0 Å². The van der Waals surface area contributed by atoms with Gasteiger partial charge in [0.25, 0.3) is 5.91 Å². The molecule has 0 aliphatic heterocycles. The summed E-state index contributed by atoms with van der Waals surface area (Å²) < 4.78 is 17.9. The van der Waals surface area contributed by atoms with Gasteiger partial charge in [-0.25, -0.2) is 4.39 Å². The number of nitrogens with one attached hydrogen (secondary N) is 4. The van der Waals surface area contributed by atoms with Crippen LogP contribution >= 0.6 is 0 Å². The fraction of sp³-hybridized carbons (Fsp3) is 0.259. The van der Waals surface area contributed by atoms with E-state index in [1.54, 1.807) is 30.5 Å². The molecule has 8 nitrogen and oxygen atoms in total. The van der Waals surface area contributed by atoms with Crippen LogP contribution < -0.4 is 20.7 Å². The van der Waals surface area contributed by atoms with Crippen molar-refractivity contribution in [2.75, 3.05) is 20.3 Å². The lowest BCUT2D eigenvalue weighted by Gasteiger charge is -2.20. The van der Waals surface area contributed by atoms with Crippen LogP contribution in [0.15, 0.2) is 72.9 Å².